The van der Waals surface area contributed by atoms with Gasteiger partial charge in [-0.2, -0.15) is 0 Å². The fraction of sp³-hybridized carbons (Fsp3) is 0.0455. The fourth-order valence-corrected chi connectivity index (χ4v) is 9.97. The highest BCUT2D eigenvalue weighted by atomic mass is 32.1. The van der Waals surface area contributed by atoms with Crippen molar-refractivity contribution in [1.82, 2.24) is 0 Å². The predicted molar refractivity (Wildman–Crippen MR) is 207 cm³/mol. The van der Waals surface area contributed by atoms with Crippen molar-refractivity contribution in [3.05, 3.63) is 169 Å². The molecule has 2 aromatic heterocycles. The van der Waals surface area contributed by atoms with Crippen LogP contribution in [-0.4, -0.2) is 0 Å². The SMILES string of the molecule is C1=CC(c2cccc3ccccc23)CC=C1N(c1cc2sc3ccccc3c2c2ccccc12)c1cccc2sc3ccccc3c12. The number of nitrogens with zero attached hydrogens (tertiary/aromatic N) is 1. The van der Waals surface area contributed by atoms with Crippen LogP contribution in [0.1, 0.15) is 17.9 Å². The summed E-state index contributed by atoms with van der Waals surface area (Å²) in [6, 6.07) is 51.4. The number of anilines is 2. The van der Waals surface area contributed by atoms with E-state index in [0.29, 0.717) is 5.92 Å². The van der Waals surface area contributed by atoms with Crippen LogP contribution in [0.4, 0.5) is 11.4 Å². The lowest BCUT2D eigenvalue weighted by Crippen LogP contribution is -2.18. The number of allylic oxidation sites excluding steroid dienone is 3. The van der Waals surface area contributed by atoms with Gasteiger partial charge in [0.05, 0.1) is 11.4 Å². The van der Waals surface area contributed by atoms with Crippen LogP contribution in [-0.2, 0) is 0 Å². The van der Waals surface area contributed by atoms with Gasteiger partial charge in [-0.1, -0.05) is 121 Å². The van der Waals surface area contributed by atoms with E-state index in [0.717, 1.165) is 6.42 Å². The Morgan fingerprint density at radius 3 is 1.89 bits per heavy atom. The molecule has 0 saturated heterocycles. The topological polar surface area (TPSA) is 3.24 Å². The third-order valence-electron chi connectivity index (χ3n) is 9.79. The van der Waals surface area contributed by atoms with Crippen LogP contribution in [0.15, 0.2) is 163 Å². The van der Waals surface area contributed by atoms with E-state index in [9.17, 15) is 0 Å². The molecule has 1 atom stereocenters. The number of hydrogen-bond donors (Lipinski definition) is 0. The lowest BCUT2D eigenvalue weighted by atomic mass is 9.88. The number of rotatable bonds is 4. The molecule has 10 rings (SSSR count). The van der Waals surface area contributed by atoms with Crippen LogP contribution >= 0.6 is 22.7 Å². The molecule has 0 saturated carbocycles. The van der Waals surface area contributed by atoms with E-state index < -0.39 is 0 Å². The Balaban J connectivity index is 1.22. The zero-order valence-corrected chi connectivity index (χ0v) is 27.2. The maximum Gasteiger partial charge on any atom is 0.0554 e. The molecule has 1 aliphatic rings. The molecule has 0 fully saturated rings. The molecule has 222 valence electrons. The van der Waals surface area contributed by atoms with Gasteiger partial charge in [0, 0.05) is 57.3 Å². The number of hydrogen-bond acceptors (Lipinski definition) is 3. The Kier molecular flexibility index (Phi) is 6.12. The van der Waals surface area contributed by atoms with Gasteiger partial charge in [0.1, 0.15) is 0 Å². The van der Waals surface area contributed by atoms with Crippen molar-refractivity contribution in [2.45, 2.75) is 12.3 Å². The van der Waals surface area contributed by atoms with Crippen LogP contribution in [0.3, 0.4) is 0 Å². The minimum atomic E-state index is 0.325. The quantitative estimate of drug-likeness (QED) is 0.186. The van der Waals surface area contributed by atoms with Gasteiger partial charge in [0.15, 0.2) is 0 Å². The Morgan fingerprint density at radius 2 is 1.11 bits per heavy atom. The first-order chi connectivity index (χ1) is 23.3. The van der Waals surface area contributed by atoms with Crippen molar-refractivity contribution < 1.29 is 0 Å². The largest absolute Gasteiger partial charge is 0.309 e. The minimum Gasteiger partial charge on any atom is -0.309 e. The molecule has 1 nitrogen and oxygen atoms in total. The summed E-state index contributed by atoms with van der Waals surface area (Å²) in [7, 11) is 0. The average Bonchev–Trinajstić information content (AvgIpc) is 3.71. The molecule has 0 bridgehead atoms. The molecule has 0 amide bonds. The molecular formula is C44H29NS2. The van der Waals surface area contributed by atoms with Crippen LogP contribution in [0.5, 0.6) is 0 Å². The summed E-state index contributed by atoms with van der Waals surface area (Å²) >= 11 is 3.78. The normalized spacial score (nSPS) is 15.0. The summed E-state index contributed by atoms with van der Waals surface area (Å²) in [5, 5.41) is 10.5. The van der Waals surface area contributed by atoms with Gasteiger partial charge < -0.3 is 4.90 Å². The molecule has 2 heterocycles. The highest BCUT2D eigenvalue weighted by Gasteiger charge is 2.25. The third-order valence-corrected chi connectivity index (χ3v) is 12.0. The summed E-state index contributed by atoms with van der Waals surface area (Å²) in [6.45, 7) is 0. The van der Waals surface area contributed by atoms with Crippen molar-refractivity contribution in [1.29, 1.82) is 0 Å². The molecular weight excluding hydrogens is 607 g/mol. The first kappa shape index (κ1) is 26.9. The molecule has 7 aromatic carbocycles. The standard InChI is InChI=1S/C44H29NS2/c1-2-13-31-28(11-1)12-9-18-32(31)29-23-25-30(26-24-29)45(37-19-10-22-41-44(37)36-17-6-8-21-40(36)46-41)38-27-42-43(34-15-4-3-14-33(34)38)35-16-5-7-20-39(35)47-42/h1-23,25-27,29H,24H2. The van der Waals surface area contributed by atoms with Crippen molar-refractivity contribution in [3.8, 4) is 0 Å². The van der Waals surface area contributed by atoms with Crippen molar-refractivity contribution >= 4 is 95.9 Å². The highest BCUT2D eigenvalue weighted by molar-refractivity contribution is 7.26. The van der Waals surface area contributed by atoms with Crippen LogP contribution in [0, 0.1) is 0 Å². The smallest absolute Gasteiger partial charge is 0.0554 e. The first-order valence-electron chi connectivity index (χ1n) is 16.2. The second kappa shape index (κ2) is 10.7. The van der Waals surface area contributed by atoms with E-state index in [-0.39, 0.29) is 0 Å². The van der Waals surface area contributed by atoms with Gasteiger partial charge in [-0.25, -0.2) is 0 Å². The Bertz CT molecular complexity index is 2740. The number of thiophene rings is 2. The first-order valence-corrected chi connectivity index (χ1v) is 17.8. The summed E-state index contributed by atoms with van der Waals surface area (Å²) in [6.07, 6.45) is 8.20. The van der Waals surface area contributed by atoms with Crippen molar-refractivity contribution in [3.63, 3.8) is 0 Å². The van der Waals surface area contributed by atoms with Gasteiger partial charge in [-0.05, 0) is 64.6 Å². The summed E-state index contributed by atoms with van der Waals surface area (Å²) < 4.78 is 5.29. The van der Waals surface area contributed by atoms with E-state index >= 15 is 0 Å². The molecule has 47 heavy (non-hydrogen) atoms. The van der Waals surface area contributed by atoms with E-state index in [4.69, 9.17) is 0 Å². The van der Waals surface area contributed by atoms with Gasteiger partial charge in [0.25, 0.3) is 0 Å². The highest BCUT2D eigenvalue weighted by Crippen LogP contribution is 2.49. The zero-order valence-electron chi connectivity index (χ0n) is 25.6. The van der Waals surface area contributed by atoms with Crippen LogP contribution in [0.2, 0.25) is 0 Å². The molecule has 1 unspecified atom stereocenters. The van der Waals surface area contributed by atoms with E-state index in [1.54, 1.807) is 0 Å². The summed E-state index contributed by atoms with van der Waals surface area (Å²) in [5.74, 6) is 0.325. The minimum absolute atomic E-state index is 0.325. The lowest BCUT2D eigenvalue weighted by molar-refractivity contribution is 0.848. The molecule has 0 aliphatic heterocycles. The molecule has 0 N–H and O–H groups in total. The Labute approximate surface area is 280 Å². The zero-order chi connectivity index (χ0) is 30.9. The molecule has 3 heteroatoms. The monoisotopic (exact) mass is 635 g/mol. The second-order valence-electron chi connectivity index (χ2n) is 12.4. The van der Waals surface area contributed by atoms with Gasteiger partial charge >= 0.3 is 0 Å². The Morgan fingerprint density at radius 1 is 0.489 bits per heavy atom. The maximum absolute atomic E-state index is 2.55. The third kappa shape index (κ3) is 4.20. The summed E-state index contributed by atoms with van der Waals surface area (Å²) in [4.78, 5) is 2.55. The van der Waals surface area contributed by atoms with Gasteiger partial charge in [-0.3, -0.25) is 0 Å². The lowest BCUT2D eigenvalue weighted by Gasteiger charge is -2.31. The second-order valence-corrected chi connectivity index (χ2v) is 14.6. The van der Waals surface area contributed by atoms with E-state index in [1.807, 2.05) is 22.7 Å². The number of fused-ring (bicyclic) bond motifs is 9. The van der Waals surface area contributed by atoms with Crippen molar-refractivity contribution in [2.75, 3.05) is 4.90 Å². The molecule has 0 spiro atoms. The number of benzene rings is 7. The molecule has 1 aliphatic carbocycles. The predicted octanol–water partition coefficient (Wildman–Crippen LogP) is 13.5. The van der Waals surface area contributed by atoms with Gasteiger partial charge in [-0.15, -0.1) is 22.7 Å². The summed E-state index contributed by atoms with van der Waals surface area (Å²) in [5.41, 5.74) is 5.06. The maximum atomic E-state index is 2.55. The Hall–Kier alpha value is -5.22. The average molecular weight is 636 g/mol. The van der Waals surface area contributed by atoms with Gasteiger partial charge in [0.2, 0.25) is 0 Å². The van der Waals surface area contributed by atoms with Crippen molar-refractivity contribution in [2.24, 2.45) is 0 Å². The van der Waals surface area contributed by atoms with E-state index in [1.165, 1.54) is 84.5 Å². The van der Waals surface area contributed by atoms with Crippen LogP contribution < -0.4 is 4.90 Å². The molecule has 9 aromatic rings. The van der Waals surface area contributed by atoms with Crippen LogP contribution in [0.25, 0.3) is 61.9 Å². The fourth-order valence-electron chi connectivity index (χ4n) is 7.68. The molecule has 0 radical (unpaired) electrons. The van der Waals surface area contributed by atoms with E-state index in [2.05, 4.69) is 163 Å².